The molecule has 0 radical (unpaired) electrons. The lowest BCUT2D eigenvalue weighted by molar-refractivity contribution is 0.0564. The number of aromatic nitrogens is 1. The summed E-state index contributed by atoms with van der Waals surface area (Å²) in [6, 6.07) is 14.0. The van der Waals surface area contributed by atoms with Crippen LogP contribution in [0.5, 0.6) is 0 Å². The summed E-state index contributed by atoms with van der Waals surface area (Å²) < 4.78 is 7.70. The molecule has 2 aliphatic rings. The summed E-state index contributed by atoms with van der Waals surface area (Å²) in [7, 11) is 0. The number of hydrogen-bond donors (Lipinski definition) is 0. The predicted octanol–water partition coefficient (Wildman–Crippen LogP) is 4.67. The molecule has 0 aliphatic carbocycles. The number of halogens is 2. The summed E-state index contributed by atoms with van der Waals surface area (Å²) in [4.78, 5) is 27.1. The zero-order valence-corrected chi connectivity index (χ0v) is 17.0. The van der Waals surface area contributed by atoms with Gasteiger partial charge in [0.25, 0.3) is 11.5 Å². The lowest BCUT2D eigenvalue weighted by Crippen LogP contribution is -2.49. The largest absolute Gasteiger partial charge is 0.451 e. The first-order valence-electron chi connectivity index (χ1n) is 9.54. The van der Waals surface area contributed by atoms with Crippen LogP contribution in [-0.2, 0) is 6.54 Å². The Labute approximate surface area is 177 Å². The molecule has 1 aromatic carbocycles. The molecule has 4 heterocycles. The van der Waals surface area contributed by atoms with Gasteiger partial charge in [-0.3, -0.25) is 9.59 Å². The highest BCUT2D eigenvalue weighted by molar-refractivity contribution is 6.36. The van der Waals surface area contributed by atoms with E-state index in [9.17, 15) is 9.59 Å². The number of benzene rings is 1. The van der Waals surface area contributed by atoms with Gasteiger partial charge >= 0.3 is 0 Å². The second-order valence-electron chi connectivity index (χ2n) is 7.70. The van der Waals surface area contributed by atoms with E-state index in [1.54, 1.807) is 42.5 Å². The van der Waals surface area contributed by atoms with E-state index in [4.69, 9.17) is 27.6 Å². The number of piperidine rings is 1. The van der Waals surface area contributed by atoms with E-state index in [1.807, 2.05) is 15.5 Å². The number of amides is 1. The Morgan fingerprint density at radius 3 is 2.72 bits per heavy atom. The van der Waals surface area contributed by atoms with Crippen molar-refractivity contribution in [2.24, 2.45) is 5.92 Å². The Morgan fingerprint density at radius 1 is 1.03 bits per heavy atom. The molecule has 148 valence electrons. The smallest absolute Gasteiger partial charge is 0.289 e. The molecular formula is C22H18Cl2N2O3. The maximum absolute atomic E-state index is 13.1. The molecule has 1 saturated heterocycles. The predicted molar refractivity (Wildman–Crippen MR) is 112 cm³/mol. The lowest BCUT2D eigenvalue weighted by Gasteiger charge is -2.42. The van der Waals surface area contributed by atoms with Gasteiger partial charge in [-0.05, 0) is 48.7 Å². The van der Waals surface area contributed by atoms with Crippen LogP contribution in [0.3, 0.4) is 0 Å². The average Bonchev–Trinajstić information content (AvgIpc) is 3.18. The Bertz CT molecular complexity index is 1170. The third-order valence-corrected chi connectivity index (χ3v) is 6.33. The van der Waals surface area contributed by atoms with Gasteiger partial charge in [0.1, 0.15) is 5.76 Å². The Morgan fingerprint density at radius 2 is 1.90 bits per heavy atom. The number of rotatable bonds is 2. The van der Waals surface area contributed by atoms with Crippen LogP contribution >= 0.6 is 23.2 Å². The minimum Gasteiger partial charge on any atom is -0.451 e. The third kappa shape index (κ3) is 3.28. The van der Waals surface area contributed by atoms with Crippen molar-refractivity contribution < 1.29 is 9.21 Å². The number of nitrogens with zero attached hydrogens (tertiary/aromatic N) is 2. The lowest BCUT2D eigenvalue weighted by atomic mass is 9.83. The summed E-state index contributed by atoms with van der Waals surface area (Å²) in [5.74, 6) is 1.12. The van der Waals surface area contributed by atoms with Gasteiger partial charge in [0.05, 0.1) is 5.02 Å². The quantitative estimate of drug-likeness (QED) is 0.595. The summed E-state index contributed by atoms with van der Waals surface area (Å²) in [6.45, 7) is 1.85. The van der Waals surface area contributed by atoms with Crippen LogP contribution in [0.25, 0.3) is 11.3 Å². The van der Waals surface area contributed by atoms with Crippen molar-refractivity contribution in [1.29, 1.82) is 0 Å². The van der Waals surface area contributed by atoms with Crippen molar-refractivity contribution in [3.8, 4) is 11.3 Å². The summed E-state index contributed by atoms with van der Waals surface area (Å²) in [6.07, 6.45) is 0.997. The van der Waals surface area contributed by atoms with Crippen molar-refractivity contribution in [3.63, 3.8) is 0 Å². The maximum atomic E-state index is 13.1. The summed E-state index contributed by atoms with van der Waals surface area (Å²) in [5.41, 5.74) is 1.74. The Balaban J connectivity index is 1.40. The number of likely N-dealkylation sites (tertiary alicyclic amines) is 1. The molecule has 0 spiro atoms. The van der Waals surface area contributed by atoms with Crippen LogP contribution in [0.4, 0.5) is 0 Å². The molecule has 0 unspecified atom stereocenters. The topological polar surface area (TPSA) is 55.5 Å². The van der Waals surface area contributed by atoms with Crippen LogP contribution in [-0.4, -0.2) is 28.5 Å². The average molecular weight is 429 g/mol. The highest BCUT2D eigenvalue weighted by Gasteiger charge is 2.37. The van der Waals surface area contributed by atoms with E-state index < -0.39 is 0 Å². The van der Waals surface area contributed by atoms with E-state index in [-0.39, 0.29) is 29.1 Å². The van der Waals surface area contributed by atoms with Gasteiger partial charge in [-0.2, -0.15) is 0 Å². The van der Waals surface area contributed by atoms with E-state index in [0.717, 1.165) is 12.1 Å². The van der Waals surface area contributed by atoms with Gasteiger partial charge in [0, 0.05) is 47.9 Å². The van der Waals surface area contributed by atoms with Gasteiger partial charge in [-0.25, -0.2) is 0 Å². The molecule has 2 aliphatic heterocycles. The first-order valence-corrected chi connectivity index (χ1v) is 10.3. The zero-order chi connectivity index (χ0) is 20.1. The number of fused-ring (bicyclic) bond motifs is 4. The molecule has 2 aromatic heterocycles. The van der Waals surface area contributed by atoms with E-state index in [0.29, 0.717) is 41.0 Å². The Hall–Kier alpha value is -2.50. The van der Waals surface area contributed by atoms with E-state index in [2.05, 4.69) is 0 Å². The van der Waals surface area contributed by atoms with E-state index in [1.165, 1.54) is 0 Å². The fraction of sp³-hybridized carbons (Fsp3) is 0.273. The molecule has 5 rings (SSSR count). The Kier molecular flexibility index (Phi) is 4.52. The molecule has 29 heavy (non-hydrogen) atoms. The summed E-state index contributed by atoms with van der Waals surface area (Å²) in [5, 5.41) is 1.02. The van der Waals surface area contributed by atoms with Crippen LogP contribution in [0.15, 0.2) is 57.7 Å². The molecule has 5 nitrogen and oxygen atoms in total. The van der Waals surface area contributed by atoms with Crippen molar-refractivity contribution in [3.05, 3.63) is 80.4 Å². The standard InChI is InChI=1S/C22H18Cl2N2O3/c23-15-4-5-16(17(24)9-15)19-6-7-20(29-19)22(28)25-10-13-8-14(12-25)18-2-1-3-21(27)26(18)11-13/h1-7,9,13-14H,8,10-12H2/t13-,14+/m1/s1. The first-order chi connectivity index (χ1) is 14.0. The van der Waals surface area contributed by atoms with Gasteiger partial charge < -0.3 is 13.9 Å². The monoisotopic (exact) mass is 428 g/mol. The van der Waals surface area contributed by atoms with Crippen molar-refractivity contribution in [2.45, 2.75) is 18.9 Å². The fourth-order valence-electron chi connectivity index (χ4n) is 4.51. The second-order valence-corrected chi connectivity index (χ2v) is 8.54. The second kappa shape index (κ2) is 7.08. The number of carbonyl (C=O) groups is 1. The minimum atomic E-state index is -0.136. The molecule has 7 heteroatoms. The van der Waals surface area contributed by atoms with Crippen LogP contribution in [0, 0.1) is 5.92 Å². The minimum absolute atomic E-state index is 0.0347. The van der Waals surface area contributed by atoms with Gasteiger partial charge in [-0.15, -0.1) is 0 Å². The highest BCUT2D eigenvalue weighted by Crippen LogP contribution is 2.36. The molecular weight excluding hydrogens is 411 g/mol. The molecule has 3 aromatic rings. The SMILES string of the molecule is O=C(c1ccc(-c2ccc(Cl)cc2Cl)o1)N1C[C@H]2C[C@@H](C1)c1cccc(=O)n1C2. The number of hydrogen-bond acceptors (Lipinski definition) is 3. The molecule has 1 amide bonds. The van der Waals surface area contributed by atoms with Crippen molar-refractivity contribution in [1.82, 2.24) is 9.47 Å². The fourth-order valence-corrected chi connectivity index (χ4v) is 5.01. The summed E-state index contributed by atoms with van der Waals surface area (Å²) >= 11 is 12.2. The molecule has 0 N–H and O–H groups in total. The van der Waals surface area contributed by atoms with Crippen molar-refractivity contribution >= 4 is 29.1 Å². The van der Waals surface area contributed by atoms with Crippen LogP contribution < -0.4 is 5.56 Å². The van der Waals surface area contributed by atoms with Gasteiger partial charge in [0.15, 0.2) is 5.76 Å². The third-order valence-electron chi connectivity index (χ3n) is 5.78. The van der Waals surface area contributed by atoms with E-state index >= 15 is 0 Å². The van der Waals surface area contributed by atoms with Crippen LogP contribution in [0.2, 0.25) is 10.0 Å². The number of furan rings is 1. The first kappa shape index (κ1) is 18.5. The maximum Gasteiger partial charge on any atom is 0.289 e. The van der Waals surface area contributed by atoms with Gasteiger partial charge in [-0.1, -0.05) is 29.3 Å². The molecule has 1 fully saturated rings. The van der Waals surface area contributed by atoms with Crippen LogP contribution in [0.1, 0.15) is 28.6 Å². The number of pyridine rings is 1. The highest BCUT2D eigenvalue weighted by atomic mass is 35.5. The molecule has 2 atom stereocenters. The zero-order valence-electron chi connectivity index (χ0n) is 15.5. The van der Waals surface area contributed by atoms with Gasteiger partial charge in [0.2, 0.25) is 0 Å². The molecule has 2 bridgehead atoms. The van der Waals surface area contributed by atoms with Crippen molar-refractivity contribution in [2.75, 3.05) is 13.1 Å². The molecule has 0 saturated carbocycles. The normalized spacial score (nSPS) is 20.4. The number of carbonyl (C=O) groups excluding carboxylic acids is 1.